The number of esters is 1. The molecule has 0 amide bonds. The highest BCUT2D eigenvalue weighted by Gasteiger charge is 2.31. The molecular formula is C17H29N3O3. The number of nitrogens with zero attached hydrogens (tertiary/aromatic N) is 3. The molecular weight excluding hydrogens is 294 g/mol. The zero-order chi connectivity index (χ0) is 16.7. The van der Waals surface area contributed by atoms with Gasteiger partial charge in [-0.3, -0.25) is 14.7 Å². The summed E-state index contributed by atoms with van der Waals surface area (Å²) in [6.07, 6.45) is 6.92. The molecule has 1 heterocycles. The van der Waals surface area contributed by atoms with Crippen LogP contribution in [0.15, 0.2) is 9.98 Å². The number of carbonyl (C=O) groups is 1. The molecule has 23 heavy (non-hydrogen) atoms. The van der Waals surface area contributed by atoms with Crippen LogP contribution in [0.3, 0.4) is 0 Å². The van der Waals surface area contributed by atoms with Crippen molar-refractivity contribution in [2.24, 2.45) is 15.9 Å². The molecule has 0 bridgehead atoms. The van der Waals surface area contributed by atoms with E-state index in [1.54, 1.807) is 7.11 Å². The second-order valence-electron chi connectivity index (χ2n) is 6.26. The van der Waals surface area contributed by atoms with Gasteiger partial charge >= 0.3 is 5.97 Å². The maximum atomic E-state index is 11.6. The largest absolute Gasteiger partial charge is 0.469 e. The number of hydrogen-bond acceptors (Lipinski definition) is 5. The Labute approximate surface area is 139 Å². The average molecular weight is 323 g/mol. The van der Waals surface area contributed by atoms with E-state index < -0.39 is 0 Å². The van der Waals surface area contributed by atoms with E-state index in [1.165, 1.54) is 7.11 Å². The molecule has 1 saturated heterocycles. The van der Waals surface area contributed by atoms with Crippen molar-refractivity contribution in [2.75, 3.05) is 33.9 Å². The number of likely N-dealkylation sites (tertiary alicyclic amines) is 1. The molecule has 2 rings (SSSR count). The van der Waals surface area contributed by atoms with E-state index in [0.29, 0.717) is 0 Å². The molecule has 2 aliphatic rings. The Bertz CT molecular complexity index is 440. The molecule has 1 aliphatic carbocycles. The Hall–Kier alpha value is -1.27. The molecule has 1 aliphatic heterocycles. The molecule has 6 nitrogen and oxygen atoms in total. The summed E-state index contributed by atoms with van der Waals surface area (Å²) < 4.78 is 10.3. The van der Waals surface area contributed by atoms with E-state index in [1.807, 2.05) is 6.21 Å². The molecule has 0 spiro atoms. The second kappa shape index (κ2) is 9.13. The van der Waals surface area contributed by atoms with Crippen LogP contribution in [0.4, 0.5) is 0 Å². The van der Waals surface area contributed by atoms with Gasteiger partial charge in [-0.15, -0.1) is 0 Å². The van der Waals surface area contributed by atoms with Crippen LogP contribution < -0.4 is 0 Å². The van der Waals surface area contributed by atoms with Crippen molar-refractivity contribution in [3.8, 4) is 0 Å². The Balaban J connectivity index is 1.90. The molecule has 130 valence electrons. The van der Waals surface area contributed by atoms with E-state index in [0.717, 1.165) is 57.6 Å². The fourth-order valence-corrected chi connectivity index (χ4v) is 3.07. The molecule has 0 aromatic heterocycles. The van der Waals surface area contributed by atoms with Crippen LogP contribution in [0.25, 0.3) is 0 Å². The lowest BCUT2D eigenvalue weighted by atomic mass is 9.89. The number of piperidine rings is 1. The van der Waals surface area contributed by atoms with Crippen molar-refractivity contribution in [1.82, 2.24) is 4.90 Å². The first kappa shape index (κ1) is 18.1. The van der Waals surface area contributed by atoms with Gasteiger partial charge in [-0.1, -0.05) is 6.92 Å². The highest BCUT2D eigenvalue weighted by molar-refractivity contribution is 5.91. The van der Waals surface area contributed by atoms with Crippen molar-refractivity contribution < 1.29 is 14.3 Å². The lowest BCUT2D eigenvalue weighted by molar-refractivity contribution is -0.146. The number of hydrogen-bond donors (Lipinski definition) is 0. The van der Waals surface area contributed by atoms with E-state index in [-0.39, 0.29) is 24.0 Å². The van der Waals surface area contributed by atoms with Crippen LogP contribution in [-0.4, -0.2) is 68.9 Å². The average Bonchev–Trinajstić information content (AvgIpc) is 2.56. The van der Waals surface area contributed by atoms with Crippen LogP contribution in [0.2, 0.25) is 0 Å². The van der Waals surface area contributed by atoms with Gasteiger partial charge in [0.05, 0.1) is 31.7 Å². The van der Waals surface area contributed by atoms with Crippen LogP contribution in [0, 0.1) is 5.92 Å². The molecule has 2 atom stereocenters. The van der Waals surface area contributed by atoms with Gasteiger partial charge in [0.25, 0.3) is 0 Å². The minimum absolute atomic E-state index is 0.0419. The number of amidine groups is 1. The molecule has 2 fully saturated rings. The summed E-state index contributed by atoms with van der Waals surface area (Å²) in [4.78, 5) is 23.3. The van der Waals surface area contributed by atoms with Crippen LogP contribution in [-0.2, 0) is 14.3 Å². The lowest BCUT2D eigenvalue weighted by Crippen LogP contribution is -2.41. The Kier molecular flexibility index (Phi) is 7.17. The van der Waals surface area contributed by atoms with Crippen molar-refractivity contribution in [3.63, 3.8) is 0 Å². The summed E-state index contributed by atoms with van der Waals surface area (Å²) in [6, 6.07) is 0.247. The fraction of sp³-hybridized carbons (Fsp3) is 0.824. The molecule has 1 saturated carbocycles. The third-order valence-electron chi connectivity index (χ3n) is 4.70. The maximum Gasteiger partial charge on any atom is 0.308 e. The Morgan fingerprint density at radius 3 is 2.48 bits per heavy atom. The SMILES string of the molecule is CCC=NC(CN1CCC(C(=O)OC)CC1)=N[C@H]1CCC1OC. The van der Waals surface area contributed by atoms with Crippen LogP contribution in [0.5, 0.6) is 0 Å². The van der Waals surface area contributed by atoms with Crippen LogP contribution >= 0.6 is 0 Å². The van der Waals surface area contributed by atoms with E-state index in [9.17, 15) is 4.79 Å². The van der Waals surface area contributed by atoms with Gasteiger partial charge in [-0.05, 0) is 45.2 Å². The summed E-state index contributed by atoms with van der Waals surface area (Å²) in [5.74, 6) is 0.843. The monoisotopic (exact) mass is 323 g/mol. The van der Waals surface area contributed by atoms with Gasteiger partial charge < -0.3 is 9.47 Å². The maximum absolute atomic E-state index is 11.6. The van der Waals surface area contributed by atoms with Crippen molar-refractivity contribution in [1.29, 1.82) is 0 Å². The summed E-state index contributed by atoms with van der Waals surface area (Å²) in [6.45, 7) is 4.60. The van der Waals surface area contributed by atoms with Gasteiger partial charge in [0.1, 0.15) is 5.84 Å². The predicted molar refractivity (Wildman–Crippen MR) is 91.2 cm³/mol. The Morgan fingerprint density at radius 2 is 1.96 bits per heavy atom. The standard InChI is InChI=1S/C17H29N3O3/c1-4-9-18-16(19-14-5-6-15(14)22-2)12-20-10-7-13(8-11-20)17(21)23-3/h9,13-15H,4-8,10-12H2,1-3H3/t14-,15?/m0/s1. The Morgan fingerprint density at radius 1 is 1.22 bits per heavy atom. The summed E-state index contributed by atoms with van der Waals surface area (Å²) in [5, 5.41) is 0. The first-order valence-corrected chi connectivity index (χ1v) is 8.60. The van der Waals surface area contributed by atoms with Gasteiger partial charge in [-0.25, -0.2) is 4.99 Å². The molecule has 0 aromatic rings. The zero-order valence-electron chi connectivity index (χ0n) is 14.5. The van der Waals surface area contributed by atoms with Crippen molar-refractivity contribution in [3.05, 3.63) is 0 Å². The highest BCUT2D eigenvalue weighted by atomic mass is 16.5. The quantitative estimate of drug-likeness (QED) is 0.426. The van der Waals surface area contributed by atoms with Crippen LogP contribution in [0.1, 0.15) is 39.0 Å². The normalized spacial score (nSPS) is 27.2. The van der Waals surface area contributed by atoms with Gasteiger partial charge in [0.15, 0.2) is 0 Å². The lowest BCUT2D eigenvalue weighted by Gasteiger charge is -2.33. The van der Waals surface area contributed by atoms with E-state index in [2.05, 4.69) is 16.8 Å². The van der Waals surface area contributed by atoms with Gasteiger partial charge in [-0.2, -0.15) is 0 Å². The molecule has 1 unspecified atom stereocenters. The minimum atomic E-state index is -0.0834. The van der Waals surface area contributed by atoms with Crippen molar-refractivity contribution >= 4 is 18.0 Å². The highest BCUT2D eigenvalue weighted by Crippen LogP contribution is 2.26. The smallest absolute Gasteiger partial charge is 0.308 e. The molecule has 0 N–H and O–H groups in total. The third-order valence-corrected chi connectivity index (χ3v) is 4.70. The zero-order valence-corrected chi connectivity index (χ0v) is 14.5. The summed E-state index contributed by atoms with van der Waals surface area (Å²) in [5.41, 5.74) is 0. The van der Waals surface area contributed by atoms with Gasteiger partial charge in [0, 0.05) is 13.3 Å². The third kappa shape index (κ3) is 5.11. The topological polar surface area (TPSA) is 63.5 Å². The first-order chi connectivity index (χ1) is 11.2. The number of ether oxygens (including phenoxy) is 2. The molecule has 0 aromatic carbocycles. The summed E-state index contributed by atoms with van der Waals surface area (Å²) >= 11 is 0. The van der Waals surface area contributed by atoms with E-state index in [4.69, 9.17) is 14.5 Å². The predicted octanol–water partition coefficient (Wildman–Crippen LogP) is 1.93. The minimum Gasteiger partial charge on any atom is -0.469 e. The number of rotatable bonds is 6. The van der Waals surface area contributed by atoms with Crippen molar-refractivity contribution in [2.45, 2.75) is 51.2 Å². The second-order valence-corrected chi connectivity index (χ2v) is 6.26. The fourth-order valence-electron chi connectivity index (χ4n) is 3.07. The summed E-state index contributed by atoms with van der Waals surface area (Å²) in [7, 11) is 3.21. The number of aliphatic imine (C=N–C) groups is 2. The molecule has 0 radical (unpaired) electrons. The van der Waals surface area contributed by atoms with Gasteiger partial charge in [0.2, 0.25) is 0 Å². The first-order valence-electron chi connectivity index (χ1n) is 8.60. The molecule has 6 heteroatoms. The number of methoxy groups -OCH3 is 2. The number of carbonyl (C=O) groups excluding carboxylic acids is 1. The van der Waals surface area contributed by atoms with E-state index >= 15 is 0 Å².